The highest BCUT2D eigenvalue weighted by Gasteiger charge is 2.40. The Kier molecular flexibility index (Phi) is 9.82. The number of alkyl halides is 3. The number of azo groups is 1. The van der Waals surface area contributed by atoms with Crippen molar-refractivity contribution in [2.24, 2.45) is 21.4 Å². The molecule has 1 atom stereocenters. The fourth-order valence-electron chi connectivity index (χ4n) is 2.14. The minimum Gasteiger partial charge on any atom is -0.382 e. The molecule has 9 heteroatoms. The van der Waals surface area contributed by atoms with Gasteiger partial charge in [0, 0.05) is 19.4 Å². The number of Topliss-reactive ketones (excluding diaryl/α,β-unsaturated/α-hetero) is 1. The third-order valence-electron chi connectivity index (χ3n) is 3.71. The highest BCUT2D eigenvalue weighted by Crippen LogP contribution is 2.30. The van der Waals surface area contributed by atoms with Gasteiger partial charge in [-0.3, -0.25) is 9.59 Å². The van der Waals surface area contributed by atoms with Crippen LogP contribution < -0.4 is 11.1 Å². The lowest BCUT2D eigenvalue weighted by atomic mass is 9.79. The van der Waals surface area contributed by atoms with Gasteiger partial charge in [0.2, 0.25) is 5.91 Å². The van der Waals surface area contributed by atoms with E-state index in [0.717, 1.165) is 0 Å². The molecule has 3 N–H and O–H groups in total. The Bertz CT molecular complexity index is 583. The lowest BCUT2D eigenvalue weighted by molar-refractivity contribution is -0.143. The van der Waals surface area contributed by atoms with E-state index in [1.165, 1.54) is 6.92 Å². The third-order valence-corrected chi connectivity index (χ3v) is 3.71. The fraction of sp³-hybridized carbons (Fsp3) is 0.647. The van der Waals surface area contributed by atoms with Crippen molar-refractivity contribution in [2.45, 2.75) is 59.6 Å². The van der Waals surface area contributed by atoms with Crippen molar-refractivity contribution in [3.05, 3.63) is 23.7 Å². The van der Waals surface area contributed by atoms with Crippen LogP contribution in [0, 0.1) is 5.41 Å². The van der Waals surface area contributed by atoms with Gasteiger partial charge in [-0.2, -0.15) is 18.3 Å². The monoisotopic (exact) mass is 376 g/mol. The van der Waals surface area contributed by atoms with Gasteiger partial charge in [0.25, 0.3) is 0 Å². The number of amides is 1. The van der Waals surface area contributed by atoms with Gasteiger partial charge < -0.3 is 11.1 Å². The smallest absolute Gasteiger partial charge is 0.382 e. The zero-order valence-electron chi connectivity index (χ0n) is 15.6. The molecule has 1 unspecified atom stereocenters. The summed E-state index contributed by atoms with van der Waals surface area (Å²) < 4.78 is 36.8. The van der Waals surface area contributed by atoms with Crippen molar-refractivity contribution in [1.29, 1.82) is 0 Å². The number of nitrogens with two attached hydrogens (primary N) is 1. The van der Waals surface area contributed by atoms with Gasteiger partial charge in [0.1, 0.15) is 17.0 Å². The predicted octanol–water partition coefficient (Wildman–Crippen LogP) is 4.00. The van der Waals surface area contributed by atoms with Crippen LogP contribution in [0.5, 0.6) is 0 Å². The summed E-state index contributed by atoms with van der Waals surface area (Å²) >= 11 is 0. The van der Waals surface area contributed by atoms with Crippen LogP contribution in [0.1, 0.15) is 53.4 Å². The molecule has 0 rings (SSSR count). The van der Waals surface area contributed by atoms with Crippen molar-refractivity contribution in [2.75, 3.05) is 6.54 Å². The van der Waals surface area contributed by atoms with Gasteiger partial charge in [-0.05, 0) is 26.3 Å². The Labute approximate surface area is 151 Å². The standard InChI is InChI=1S/C17H27F3N4O2/c1-5-8-14(21)24-23-12(6-2)11-16(4,13(25)7-3)15(26)22-10-9-17(18,19)20/h6,8H,5,7,9-11,21H2,1-4H3,(H,22,26)/b12-6-,14-8-,24-23-. The Morgan fingerprint density at radius 3 is 2.27 bits per heavy atom. The summed E-state index contributed by atoms with van der Waals surface area (Å²) in [5, 5.41) is 9.95. The molecule has 6 nitrogen and oxygen atoms in total. The summed E-state index contributed by atoms with van der Waals surface area (Å²) in [5.41, 5.74) is 4.43. The molecule has 0 aliphatic carbocycles. The molecule has 0 heterocycles. The van der Waals surface area contributed by atoms with E-state index in [1.54, 1.807) is 26.0 Å². The van der Waals surface area contributed by atoms with Gasteiger partial charge in [-0.15, -0.1) is 5.11 Å². The first kappa shape index (κ1) is 23.8. The van der Waals surface area contributed by atoms with E-state index in [-0.39, 0.29) is 18.7 Å². The highest BCUT2D eigenvalue weighted by molar-refractivity contribution is 6.05. The number of carbonyl (C=O) groups is 2. The average molecular weight is 376 g/mol. The summed E-state index contributed by atoms with van der Waals surface area (Å²) in [4.78, 5) is 24.7. The van der Waals surface area contributed by atoms with Crippen LogP contribution in [-0.4, -0.2) is 24.4 Å². The van der Waals surface area contributed by atoms with Crippen LogP contribution in [0.15, 0.2) is 33.9 Å². The molecular weight excluding hydrogens is 349 g/mol. The number of hydrogen-bond donors (Lipinski definition) is 2. The maximum absolute atomic E-state index is 12.4. The van der Waals surface area contributed by atoms with E-state index < -0.39 is 36.2 Å². The second-order valence-corrected chi connectivity index (χ2v) is 5.92. The van der Waals surface area contributed by atoms with Crippen LogP contribution in [-0.2, 0) is 9.59 Å². The number of hydrogen-bond acceptors (Lipinski definition) is 5. The summed E-state index contributed by atoms with van der Waals surface area (Å²) in [7, 11) is 0. The van der Waals surface area contributed by atoms with E-state index in [2.05, 4.69) is 15.5 Å². The first-order valence-corrected chi connectivity index (χ1v) is 8.41. The molecule has 0 aliphatic rings. The number of nitrogens with one attached hydrogen (secondary N) is 1. The first-order chi connectivity index (χ1) is 12.0. The van der Waals surface area contributed by atoms with Crippen LogP contribution in [0.3, 0.4) is 0 Å². The van der Waals surface area contributed by atoms with Crippen LogP contribution in [0.4, 0.5) is 13.2 Å². The first-order valence-electron chi connectivity index (χ1n) is 8.41. The Morgan fingerprint density at radius 2 is 1.81 bits per heavy atom. The fourth-order valence-corrected chi connectivity index (χ4v) is 2.14. The molecule has 0 aromatic heterocycles. The van der Waals surface area contributed by atoms with Gasteiger partial charge in [-0.1, -0.05) is 19.9 Å². The molecule has 0 radical (unpaired) electrons. The molecule has 0 aromatic carbocycles. The summed E-state index contributed by atoms with van der Waals surface area (Å²) in [5.74, 6) is -0.959. The lowest BCUT2D eigenvalue weighted by Gasteiger charge is -2.26. The normalized spacial score (nSPS) is 15.8. The minimum atomic E-state index is -4.38. The van der Waals surface area contributed by atoms with Crippen molar-refractivity contribution in [3.63, 3.8) is 0 Å². The summed E-state index contributed by atoms with van der Waals surface area (Å²) in [6.45, 7) is 5.93. The second kappa shape index (κ2) is 10.7. The van der Waals surface area contributed by atoms with E-state index in [4.69, 9.17) is 5.73 Å². The SMILES string of the molecule is C\C=C(CC(C)(C(=O)CC)C(=O)NCCC(F)(F)F)/N=N\C(N)=C/CC. The topological polar surface area (TPSA) is 96.9 Å². The minimum absolute atomic E-state index is 0.0647. The van der Waals surface area contributed by atoms with Crippen molar-refractivity contribution >= 4 is 11.7 Å². The molecule has 1 amide bonds. The number of rotatable bonds is 10. The van der Waals surface area contributed by atoms with Crippen LogP contribution in [0.25, 0.3) is 0 Å². The molecule has 0 spiro atoms. The largest absolute Gasteiger partial charge is 0.390 e. The molecular formula is C17H27F3N4O2. The molecule has 0 aliphatic heterocycles. The molecule has 0 saturated carbocycles. The summed E-state index contributed by atoms with van der Waals surface area (Å²) in [6, 6.07) is 0. The van der Waals surface area contributed by atoms with Crippen LogP contribution in [0.2, 0.25) is 0 Å². The highest BCUT2D eigenvalue weighted by atomic mass is 19.4. The quantitative estimate of drug-likeness (QED) is 0.445. The van der Waals surface area contributed by atoms with E-state index in [1.807, 2.05) is 6.92 Å². The summed E-state index contributed by atoms with van der Waals surface area (Å²) in [6.07, 6.45) is -1.67. The maximum atomic E-state index is 12.4. The number of ketones is 1. The van der Waals surface area contributed by atoms with Gasteiger partial charge in [-0.25, -0.2) is 0 Å². The van der Waals surface area contributed by atoms with Gasteiger partial charge in [0.15, 0.2) is 0 Å². The average Bonchev–Trinajstić information content (AvgIpc) is 2.56. The Hall–Kier alpha value is -2.19. The van der Waals surface area contributed by atoms with Crippen molar-refractivity contribution in [1.82, 2.24) is 5.32 Å². The Morgan fingerprint density at radius 1 is 1.19 bits per heavy atom. The third kappa shape index (κ3) is 8.26. The second-order valence-electron chi connectivity index (χ2n) is 5.92. The van der Waals surface area contributed by atoms with Crippen molar-refractivity contribution < 1.29 is 22.8 Å². The number of carbonyl (C=O) groups excluding carboxylic acids is 2. The number of allylic oxidation sites excluding steroid dienone is 3. The predicted molar refractivity (Wildman–Crippen MR) is 92.9 cm³/mol. The van der Waals surface area contributed by atoms with E-state index in [0.29, 0.717) is 12.1 Å². The zero-order valence-corrected chi connectivity index (χ0v) is 15.6. The molecule has 0 aromatic rings. The number of nitrogens with zero attached hydrogens (tertiary/aromatic N) is 2. The lowest BCUT2D eigenvalue weighted by Crippen LogP contribution is -2.45. The maximum Gasteiger partial charge on any atom is 0.390 e. The molecule has 0 fully saturated rings. The van der Waals surface area contributed by atoms with E-state index in [9.17, 15) is 22.8 Å². The molecule has 148 valence electrons. The number of halogens is 3. The molecule has 26 heavy (non-hydrogen) atoms. The van der Waals surface area contributed by atoms with Gasteiger partial charge in [0.05, 0.1) is 12.1 Å². The molecule has 0 saturated heterocycles. The Balaban J connectivity index is 5.30. The van der Waals surface area contributed by atoms with Crippen molar-refractivity contribution in [3.8, 4) is 0 Å². The van der Waals surface area contributed by atoms with Crippen LogP contribution >= 0.6 is 0 Å². The zero-order chi connectivity index (χ0) is 20.4. The van der Waals surface area contributed by atoms with E-state index >= 15 is 0 Å². The molecule has 0 bridgehead atoms. The van der Waals surface area contributed by atoms with Gasteiger partial charge >= 0.3 is 6.18 Å².